The third kappa shape index (κ3) is 3.95. The number of aryl methyl sites for hydroxylation is 2. The first kappa shape index (κ1) is 15.3. The highest BCUT2D eigenvalue weighted by Crippen LogP contribution is 2.26. The molecule has 110 valence electrons. The predicted molar refractivity (Wildman–Crippen MR) is 88.4 cm³/mol. The lowest BCUT2D eigenvalue weighted by Crippen LogP contribution is -2.30. The first-order chi connectivity index (χ1) is 9.49. The van der Waals surface area contributed by atoms with Crippen molar-refractivity contribution in [3.63, 3.8) is 0 Å². The zero-order valence-electron chi connectivity index (χ0n) is 12.6. The van der Waals surface area contributed by atoms with Gasteiger partial charge in [0, 0.05) is 5.41 Å². The van der Waals surface area contributed by atoms with E-state index in [0.29, 0.717) is 4.99 Å². The van der Waals surface area contributed by atoms with Crippen molar-refractivity contribution in [1.82, 2.24) is 0 Å². The van der Waals surface area contributed by atoms with Crippen LogP contribution in [0.4, 0.5) is 0 Å². The van der Waals surface area contributed by atoms with E-state index >= 15 is 0 Å². The Labute approximate surface area is 127 Å². The van der Waals surface area contributed by atoms with Crippen LogP contribution in [0, 0.1) is 5.41 Å². The van der Waals surface area contributed by atoms with Gasteiger partial charge in [-0.2, -0.15) is 0 Å². The summed E-state index contributed by atoms with van der Waals surface area (Å²) in [5.41, 5.74) is 8.62. The van der Waals surface area contributed by atoms with Gasteiger partial charge in [0.2, 0.25) is 0 Å². The Balaban J connectivity index is 1.81. The molecule has 0 bridgehead atoms. The van der Waals surface area contributed by atoms with E-state index in [4.69, 9.17) is 22.7 Å². The summed E-state index contributed by atoms with van der Waals surface area (Å²) in [4.78, 5) is 0.589. The fraction of sp³-hybridized carbons (Fsp3) is 0.588. The second kappa shape index (κ2) is 6.57. The van der Waals surface area contributed by atoms with Crippen molar-refractivity contribution in [3.05, 3.63) is 29.3 Å². The molecular formula is C17H25NOS. The molecule has 0 saturated heterocycles. The van der Waals surface area contributed by atoms with Crippen molar-refractivity contribution >= 4 is 17.2 Å². The molecule has 1 aromatic carbocycles. The molecular weight excluding hydrogens is 266 g/mol. The molecule has 1 aliphatic carbocycles. The second-order valence-corrected chi connectivity index (χ2v) is 6.78. The Morgan fingerprint density at radius 1 is 1.25 bits per heavy atom. The van der Waals surface area contributed by atoms with Gasteiger partial charge < -0.3 is 10.5 Å². The fourth-order valence-corrected chi connectivity index (χ4v) is 2.73. The van der Waals surface area contributed by atoms with Crippen LogP contribution >= 0.6 is 12.2 Å². The fourth-order valence-electron chi connectivity index (χ4n) is 2.63. The predicted octanol–water partition coefficient (Wildman–Crippen LogP) is 4.04. The maximum absolute atomic E-state index is 5.86. The summed E-state index contributed by atoms with van der Waals surface area (Å²) in [6.45, 7) is 4.91. The molecule has 2 nitrogen and oxygen atoms in total. The van der Waals surface area contributed by atoms with Crippen LogP contribution in [0.25, 0.3) is 0 Å². The molecule has 2 rings (SSSR count). The molecule has 2 N–H and O–H groups in total. The molecule has 3 heteroatoms. The number of thiocarbonyl (C=S) groups is 1. The van der Waals surface area contributed by atoms with Gasteiger partial charge in [-0.25, -0.2) is 0 Å². The van der Waals surface area contributed by atoms with E-state index in [2.05, 4.69) is 32.0 Å². The third-order valence-corrected chi connectivity index (χ3v) is 4.75. The van der Waals surface area contributed by atoms with Gasteiger partial charge in [0.1, 0.15) is 5.75 Å². The minimum absolute atomic E-state index is 0.0749. The first-order valence-electron chi connectivity index (χ1n) is 7.53. The Morgan fingerprint density at radius 3 is 2.65 bits per heavy atom. The van der Waals surface area contributed by atoms with E-state index in [-0.39, 0.29) is 5.41 Å². The van der Waals surface area contributed by atoms with Crippen LogP contribution in [0.1, 0.15) is 50.7 Å². The lowest BCUT2D eigenvalue weighted by atomic mass is 9.88. The molecule has 0 aromatic heterocycles. The van der Waals surface area contributed by atoms with Gasteiger partial charge in [-0.15, -0.1) is 0 Å². The SMILES string of the molecule is CC(C)(CCCOc1ccc2c(c1)CCCC2)C(N)=S. The van der Waals surface area contributed by atoms with Crippen molar-refractivity contribution in [3.8, 4) is 5.75 Å². The minimum atomic E-state index is -0.0749. The van der Waals surface area contributed by atoms with E-state index in [1.807, 2.05) is 0 Å². The zero-order valence-corrected chi connectivity index (χ0v) is 13.4. The van der Waals surface area contributed by atoms with Gasteiger partial charge in [-0.3, -0.25) is 0 Å². The molecule has 1 aliphatic rings. The number of benzene rings is 1. The highest BCUT2D eigenvalue weighted by Gasteiger charge is 2.20. The number of ether oxygens (including phenoxy) is 1. The molecule has 0 amide bonds. The van der Waals surface area contributed by atoms with Crippen molar-refractivity contribution in [2.24, 2.45) is 11.1 Å². The summed E-state index contributed by atoms with van der Waals surface area (Å²) in [7, 11) is 0. The number of fused-ring (bicyclic) bond motifs is 1. The summed E-state index contributed by atoms with van der Waals surface area (Å²) < 4.78 is 5.86. The second-order valence-electron chi connectivity index (χ2n) is 6.34. The summed E-state index contributed by atoms with van der Waals surface area (Å²) in [6.07, 6.45) is 6.98. The monoisotopic (exact) mass is 291 g/mol. The molecule has 0 unspecified atom stereocenters. The van der Waals surface area contributed by atoms with Crippen molar-refractivity contribution in [2.45, 2.75) is 52.4 Å². The van der Waals surface area contributed by atoms with E-state index in [1.54, 1.807) is 0 Å². The molecule has 0 fully saturated rings. The maximum atomic E-state index is 5.86. The Kier molecular flexibility index (Phi) is 5.03. The van der Waals surface area contributed by atoms with Gasteiger partial charge in [0.25, 0.3) is 0 Å². The standard InChI is InChI=1S/C17H25NOS/c1-17(2,16(18)20)10-5-11-19-15-9-8-13-6-3-4-7-14(13)12-15/h8-9,12H,3-7,10-11H2,1-2H3,(H2,18,20). The van der Waals surface area contributed by atoms with Crippen molar-refractivity contribution in [2.75, 3.05) is 6.61 Å². The molecule has 0 spiro atoms. The van der Waals surface area contributed by atoms with Crippen LogP contribution in [0.3, 0.4) is 0 Å². The molecule has 0 heterocycles. The third-order valence-electron chi connectivity index (χ3n) is 4.20. The molecule has 0 atom stereocenters. The van der Waals surface area contributed by atoms with Gasteiger partial charge in [-0.1, -0.05) is 32.1 Å². The average molecular weight is 291 g/mol. The summed E-state index contributed by atoms with van der Waals surface area (Å²) >= 11 is 5.08. The van der Waals surface area contributed by atoms with Crippen molar-refractivity contribution < 1.29 is 4.74 Å². The van der Waals surface area contributed by atoms with E-state index in [0.717, 1.165) is 25.2 Å². The number of hydrogen-bond donors (Lipinski definition) is 1. The zero-order chi connectivity index (χ0) is 14.6. The Bertz CT molecular complexity index is 482. The Morgan fingerprint density at radius 2 is 1.95 bits per heavy atom. The van der Waals surface area contributed by atoms with Crippen LogP contribution in [0.2, 0.25) is 0 Å². The van der Waals surface area contributed by atoms with Crippen LogP contribution in [-0.4, -0.2) is 11.6 Å². The number of nitrogens with two attached hydrogens (primary N) is 1. The van der Waals surface area contributed by atoms with Crippen LogP contribution in [-0.2, 0) is 12.8 Å². The lowest BCUT2D eigenvalue weighted by molar-refractivity contribution is 0.287. The molecule has 1 aromatic rings. The maximum Gasteiger partial charge on any atom is 0.119 e. The smallest absolute Gasteiger partial charge is 0.119 e. The van der Waals surface area contributed by atoms with Gasteiger partial charge in [0.05, 0.1) is 11.6 Å². The lowest BCUT2D eigenvalue weighted by Gasteiger charge is -2.23. The molecule has 0 saturated carbocycles. The number of rotatable bonds is 6. The topological polar surface area (TPSA) is 35.2 Å². The molecule has 20 heavy (non-hydrogen) atoms. The van der Waals surface area contributed by atoms with Crippen LogP contribution in [0.15, 0.2) is 18.2 Å². The normalized spacial score (nSPS) is 14.7. The average Bonchev–Trinajstić information content (AvgIpc) is 2.43. The quantitative estimate of drug-likeness (QED) is 0.634. The van der Waals surface area contributed by atoms with E-state index in [1.165, 1.54) is 36.8 Å². The largest absolute Gasteiger partial charge is 0.494 e. The number of hydrogen-bond acceptors (Lipinski definition) is 2. The van der Waals surface area contributed by atoms with Gasteiger partial charge in [-0.05, 0) is 61.8 Å². The van der Waals surface area contributed by atoms with E-state index in [9.17, 15) is 0 Å². The van der Waals surface area contributed by atoms with Crippen molar-refractivity contribution in [1.29, 1.82) is 0 Å². The molecule has 0 radical (unpaired) electrons. The Hall–Kier alpha value is -1.09. The minimum Gasteiger partial charge on any atom is -0.494 e. The summed E-state index contributed by atoms with van der Waals surface area (Å²) in [6, 6.07) is 6.54. The highest BCUT2D eigenvalue weighted by atomic mass is 32.1. The van der Waals surface area contributed by atoms with Crippen LogP contribution < -0.4 is 10.5 Å². The van der Waals surface area contributed by atoms with Crippen LogP contribution in [0.5, 0.6) is 5.75 Å². The first-order valence-corrected chi connectivity index (χ1v) is 7.94. The summed E-state index contributed by atoms with van der Waals surface area (Å²) in [5.74, 6) is 0.999. The highest BCUT2D eigenvalue weighted by molar-refractivity contribution is 7.80. The van der Waals surface area contributed by atoms with Gasteiger partial charge >= 0.3 is 0 Å². The molecule has 0 aliphatic heterocycles. The summed E-state index contributed by atoms with van der Waals surface area (Å²) in [5, 5.41) is 0. The van der Waals surface area contributed by atoms with Gasteiger partial charge in [0.15, 0.2) is 0 Å². The van der Waals surface area contributed by atoms with E-state index < -0.39 is 0 Å².